The van der Waals surface area contributed by atoms with Crippen LogP contribution in [-0.4, -0.2) is 41.1 Å². The van der Waals surface area contributed by atoms with Gasteiger partial charge in [0.1, 0.15) is 12.2 Å². The lowest BCUT2D eigenvalue weighted by molar-refractivity contribution is -0.255. The van der Waals surface area contributed by atoms with Crippen LogP contribution in [0.2, 0.25) is 0 Å². The summed E-state index contributed by atoms with van der Waals surface area (Å²) < 4.78 is 17.1. The summed E-state index contributed by atoms with van der Waals surface area (Å²) in [6.07, 6.45) is -0.832. The van der Waals surface area contributed by atoms with Crippen LogP contribution >= 0.6 is 0 Å². The molecule has 0 bridgehead atoms. The van der Waals surface area contributed by atoms with Crippen LogP contribution in [0.5, 0.6) is 0 Å². The number of hydroxylamine groups is 2. The molecule has 1 N–H and O–H groups in total. The number of nitrogens with zero attached hydrogens (tertiary/aromatic N) is 1. The highest BCUT2D eigenvalue weighted by molar-refractivity contribution is 5.14. The van der Waals surface area contributed by atoms with Crippen molar-refractivity contribution in [1.29, 1.82) is 0 Å². The minimum atomic E-state index is -0.606. The van der Waals surface area contributed by atoms with Gasteiger partial charge in [-0.15, -0.1) is 0 Å². The van der Waals surface area contributed by atoms with Crippen LogP contribution in [0, 0.1) is 0 Å². The van der Waals surface area contributed by atoms with Crippen molar-refractivity contribution in [2.45, 2.75) is 44.6 Å². The van der Waals surface area contributed by atoms with Crippen LogP contribution in [0.3, 0.4) is 0 Å². The normalized spacial score (nSPS) is 32.7. The Labute approximate surface area is 112 Å². The van der Waals surface area contributed by atoms with Gasteiger partial charge in [0.15, 0.2) is 12.0 Å². The first-order valence-electron chi connectivity index (χ1n) is 6.52. The first kappa shape index (κ1) is 13.0. The van der Waals surface area contributed by atoms with E-state index >= 15 is 0 Å². The van der Waals surface area contributed by atoms with Gasteiger partial charge in [-0.25, -0.2) is 0 Å². The zero-order chi connectivity index (χ0) is 13.5. The Morgan fingerprint density at radius 3 is 2.74 bits per heavy atom. The van der Waals surface area contributed by atoms with E-state index in [4.69, 9.17) is 14.2 Å². The predicted molar refractivity (Wildman–Crippen MR) is 67.3 cm³/mol. The molecule has 5 heteroatoms. The van der Waals surface area contributed by atoms with Crippen molar-refractivity contribution in [3.05, 3.63) is 35.9 Å². The minimum Gasteiger partial charge on any atom is -0.355 e. The smallest absolute Gasteiger partial charge is 0.164 e. The van der Waals surface area contributed by atoms with E-state index in [2.05, 4.69) is 0 Å². The molecule has 3 atom stereocenters. The number of ether oxygens (including phenoxy) is 3. The fourth-order valence-corrected chi connectivity index (χ4v) is 2.64. The van der Waals surface area contributed by atoms with E-state index in [1.807, 2.05) is 44.2 Å². The fraction of sp³-hybridized carbons (Fsp3) is 0.571. The number of rotatable bonds is 3. The summed E-state index contributed by atoms with van der Waals surface area (Å²) in [5.74, 6) is -0.606. The van der Waals surface area contributed by atoms with Gasteiger partial charge in [0, 0.05) is 0 Å². The summed E-state index contributed by atoms with van der Waals surface area (Å²) >= 11 is 0. The van der Waals surface area contributed by atoms with E-state index in [0.717, 1.165) is 5.56 Å². The SMILES string of the molecule is CC1(C)O[C@H]2[C@H](N(O)Cc3ccccc3)OC[C@H]2O1. The molecule has 0 saturated carbocycles. The highest BCUT2D eigenvalue weighted by Gasteiger charge is 2.51. The second kappa shape index (κ2) is 4.85. The third kappa shape index (κ3) is 2.66. The second-order valence-electron chi connectivity index (χ2n) is 5.45. The maximum atomic E-state index is 10.2. The number of hydrogen-bond acceptors (Lipinski definition) is 5. The standard InChI is InChI=1S/C14H19NO4/c1-14(2)18-11-9-17-13(12(11)19-14)15(16)8-10-6-4-3-5-7-10/h3-7,11-13,16H,8-9H2,1-2H3/t11-,12-,13-/m1/s1. The average Bonchev–Trinajstić information content (AvgIpc) is 2.85. The molecule has 0 unspecified atom stereocenters. The third-order valence-corrected chi connectivity index (χ3v) is 3.41. The molecule has 2 aliphatic rings. The summed E-state index contributed by atoms with van der Waals surface area (Å²) in [5.41, 5.74) is 1.02. The van der Waals surface area contributed by atoms with Crippen LogP contribution in [0.25, 0.3) is 0 Å². The van der Waals surface area contributed by atoms with Crippen molar-refractivity contribution >= 4 is 0 Å². The van der Waals surface area contributed by atoms with Gasteiger partial charge in [-0.1, -0.05) is 30.3 Å². The molecule has 0 radical (unpaired) electrons. The molecule has 0 amide bonds. The van der Waals surface area contributed by atoms with Gasteiger partial charge in [-0.2, -0.15) is 5.06 Å². The Balaban J connectivity index is 1.66. The molecule has 2 aliphatic heterocycles. The van der Waals surface area contributed by atoms with Gasteiger partial charge >= 0.3 is 0 Å². The van der Waals surface area contributed by atoms with Crippen LogP contribution in [0.15, 0.2) is 30.3 Å². The highest BCUT2D eigenvalue weighted by atomic mass is 16.8. The quantitative estimate of drug-likeness (QED) is 0.844. The minimum absolute atomic E-state index is 0.106. The van der Waals surface area contributed by atoms with Crippen molar-refractivity contribution < 1.29 is 19.4 Å². The Hall–Kier alpha value is -0.980. The zero-order valence-corrected chi connectivity index (χ0v) is 11.2. The lowest BCUT2D eigenvalue weighted by atomic mass is 10.2. The Bertz CT molecular complexity index is 436. The topological polar surface area (TPSA) is 51.2 Å². The molecule has 3 rings (SSSR count). The van der Waals surface area contributed by atoms with E-state index in [1.165, 1.54) is 5.06 Å². The molecular weight excluding hydrogens is 246 g/mol. The Morgan fingerprint density at radius 2 is 2.00 bits per heavy atom. The monoisotopic (exact) mass is 265 g/mol. The van der Waals surface area contributed by atoms with Gasteiger partial charge in [-0.05, 0) is 19.4 Å². The summed E-state index contributed by atoms with van der Waals surface area (Å²) in [5, 5.41) is 11.4. The number of benzene rings is 1. The van der Waals surface area contributed by atoms with E-state index < -0.39 is 12.0 Å². The van der Waals surface area contributed by atoms with Crippen molar-refractivity contribution in [2.24, 2.45) is 0 Å². The van der Waals surface area contributed by atoms with Gasteiger partial charge in [0.05, 0.1) is 13.2 Å². The highest BCUT2D eigenvalue weighted by Crippen LogP contribution is 2.36. The molecule has 5 nitrogen and oxygen atoms in total. The van der Waals surface area contributed by atoms with Crippen molar-refractivity contribution in [3.8, 4) is 0 Å². The Morgan fingerprint density at radius 1 is 1.26 bits per heavy atom. The first-order valence-corrected chi connectivity index (χ1v) is 6.52. The van der Waals surface area contributed by atoms with E-state index in [1.54, 1.807) is 0 Å². The van der Waals surface area contributed by atoms with Gasteiger partial charge in [0.2, 0.25) is 0 Å². The summed E-state index contributed by atoms with van der Waals surface area (Å²) in [6.45, 7) is 4.60. The Kier molecular flexibility index (Phi) is 3.32. The largest absolute Gasteiger partial charge is 0.355 e. The molecule has 0 aliphatic carbocycles. The van der Waals surface area contributed by atoms with Crippen molar-refractivity contribution in [3.63, 3.8) is 0 Å². The van der Waals surface area contributed by atoms with E-state index in [-0.39, 0.29) is 12.2 Å². The summed E-state index contributed by atoms with van der Waals surface area (Å²) in [7, 11) is 0. The second-order valence-corrected chi connectivity index (χ2v) is 5.45. The molecule has 2 heterocycles. The fourth-order valence-electron chi connectivity index (χ4n) is 2.64. The molecule has 2 saturated heterocycles. The van der Waals surface area contributed by atoms with Crippen molar-refractivity contribution in [2.75, 3.05) is 6.61 Å². The lowest BCUT2D eigenvalue weighted by Crippen LogP contribution is -2.42. The molecule has 1 aromatic rings. The van der Waals surface area contributed by atoms with Crippen LogP contribution in [0.1, 0.15) is 19.4 Å². The number of hydrogen-bond donors (Lipinski definition) is 1. The van der Waals surface area contributed by atoms with Crippen molar-refractivity contribution in [1.82, 2.24) is 5.06 Å². The molecule has 0 aromatic heterocycles. The van der Waals surface area contributed by atoms with E-state index in [9.17, 15) is 5.21 Å². The average molecular weight is 265 g/mol. The molecular formula is C14H19NO4. The van der Waals surface area contributed by atoms with Gasteiger partial charge in [0.25, 0.3) is 0 Å². The molecule has 104 valence electrons. The third-order valence-electron chi connectivity index (χ3n) is 3.41. The van der Waals surface area contributed by atoms with Crippen LogP contribution in [0.4, 0.5) is 0 Å². The maximum absolute atomic E-state index is 10.2. The molecule has 2 fully saturated rings. The maximum Gasteiger partial charge on any atom is 0.164 e. The van der Waals surface area contributed by atoms with Crippen LogP contribution < -0.4 is 0 Å². The number of fused-ring (bicyclic) bond motifs is 1. The molecule has 1 aromatic carbocycles. The lowest BCUT2D eigenvalue weighted by Gasteiger charge is -2.27. The first-order chi connectivity index (χ1) is 9.05. The van der Waals surface area contributed by atoms with Gasteiger partial charge < -0.3 is 19.4 Å². The molecule has 0 spiro atoms. The van der Waals surface area contributed by atoms with Gasteiger partial charge in [-0.3, -0.25) is 0 Å². The summed E-state index contributed by atoms with van der Waals surface area (Å²) in [4.78, 5) is 0. The zero-order valence-electron chi connectivity index (χ0n) is 11.2. The summed E-state index contributed by atoms with van der Waals surface area (Å²) in [6, 6.07) is 9.76. The molecule has 19 heavy (non-hydrogen) atoms. The van der Waals surface area contributed by atoms with Crippen LogP contribution in [-0.2, 0) is 20.8 Å². The van der Waals surface area contributed by atoms with E-state index in [0.29, 0.717) is 13.2 Å². The predicted octanol–water partition coefficient (Wildman–Crippen LogP) is 1.75.